The first-order valence-electron chi connectivity index (χ1n) is 8.37. The molecule has 0 N–H and O–H groups in total. The first-order valence-corrected chi connectivity index (χ1v) is 8.37. The van der Waals surface area contributed by atoms with E-state index in [1.165, 1.54) is 36.8 Å². The molecular formula is C21H24. The molecule has 2 atom stereocenters. The molecule has 0 heteroatoms. The molecule has 0 aliphatic heterocycles. The zero-order chi connectivity index (χ0) is 14.4. The highest BCUT2D eigenvalue weighted by Gasteiger charge is 2.65. The Labute approximate surface area is 128 Å². The van der Waals surface area contributed by atoms with Gasteiger partial charge < -0.3 is 0 Å². The second-order valence-electron chi connectivity index (χ2n) is 7.10. The highest BCUT2D eigenvalue weighted by molar-refractivity contribution is 5.50. The second-order valence-corrected chi connectivity index (χ2v) is 7.10. The Bertz CT molecular complexity index is 573. The zero-order valence-corrected chi connectivity index (χ0v) is 13.1. The van der Waals surface area contributed by atoms with Gasteiger partial charge in [-0.2, -0.15) is 0 Å². The fourth-order valence-corrected chi connectivity index (χ4v) is 4.81. The van der Waals surface area contributed by atoms with Crippen LogP contribution in [0.3, 0.4) is 0 Å². The van der Waals surface area contributed by atoms with Crippen molar-refractivity contribution in [3.05, 3.63) is 70.8 Å². The average molecular weight is 276 g/mol. The quantitative estimate of drug-likeness (QED) is 0.688. The first-order chi connectivity index (χ1) is 10.2. The minimum absolute atomic E-state index is 0.317. The van der Waals surface area contributed by atoms with Crippen molar-refractivity contribution in [3.8, 4) is 0 Å². The van der Waals surface area contributed by atoms with E-state index < -0.39 is 0 Å². The Balaban J connectivity index is 1.84. The van der Waals surface area contributed by atoms with Crippen LogP contribution in [-0.4, -0.2) is 0 Å². The summed E-state index contributed by atoms with van der Waals surface area (Å²) in [5.74, 6) is 1.74. The van der Waals surface area contributed by atoms with Gasteiger partial charge in [0.15, 0.2) is 0 Å². The van der Waals surface area contributed by atoms with Crippen LogP contribution in [0, 0.1) is 25.7 Å². The smallest absolute Gasteiger partial charge is 0.0265 e. The number of rotatable bonds is 2. The summed E-state index contributed by atoms with van der Waals surface area (Å²) in [7, 11) is 0. The molecule has 0 spiro atoms. The highest BCUT2D eigenvalue weighted by atomic mass is 14.7. The summed E-state index contributed by atoms with van der Waals surface area (Å²) in [5, 5.41) is 0. The molecule has 2 aromatic rings. The summed E-state index contributed by atoms with van der Waals surface area (Å²) in [6.07, 6.45) is 5.65. The molecule has 2 saturated carbocycles. The maximum absolute atomic E-state index is 2.38. The van der Waals surface area contributed by atoms with Gasteiger partial charge in [-0.1, -0.05) is 72.5 Å². The normalized spacial score (nSPS) is 26.2. The first kappa shape index (κ1) is 13.1. The van der Waals surface area contributed by atoms with E-state index >= 15 is 0 Å². The summed E-state index contributed by atoms with van der Waals surface area (Å²) >= 11 is 0. The fraction of sp³-hybridized carbons (Fsp3) is 0.429. The largest absolute Gasteiger partial charge is 0.0590 e. The fourth-order valence-electron chi connectivity index (χ4n) is 4.81. The Hall–Kier alpha value is -1.56. The van der Waals surface area contributed by atoms with Gasteiger partial charge in [0.2, 0.25) is 0 Å². The van der Waals surface area contributed by atoms with Crippen molar-refractivity contribution >= 4 is 0 Å². The Morgan fingerprint density at radius 1 is 0.667 bits per heavy atom. The predicted molar refractivity (Wildman–Crippen MR) is 88.6 cm³/mol. The lowest BCUT2D eigenvalue weighted by Crippen LogP contribution is -2.14. The molecule has 21 heavy (non-hydrogen) atoms. The zero-order valence-electron chi connectivity index (χ0n) is 13.1. The molecule has 0 aromatic heterocycles. The van der Waals surface area contributed by atoms with E-state index in [4.69, 9.17) is 0 Å². The van der Waals surface area contributed by atoms with E-state index in [1.807, 2.05) is 0 Å². The number of benzene rings is 2. The van der Waals surface area contributed by atoms with Crippen LogP contribution in [0.1, 0.15) is 47.9 Å². The SMILES string of the molecule is Cc1ccc(C2(c3ccc(C)cc3)C3CCCCC32)cc1. The number of hydrogen-bond acceptors (Lipinski definition) is 0. The third-order valence-corrected chi connectivity index (χ3v) is 5.89. The van der Waals surface area contributed by atoms with Crippen LogP contribution in [0.25, 0.3) is 0 Å². The van der Waals surface area contributed by atoms with Crippen LogP contribution in [-0.2, 0) is 5.41 Å². The molecule has 0 heterocycles. The Kier molecular flexibility index (Phi) is 2.96. The van der Waals surface area contributed by atoms with Crippen LogP contribution in [0.15, 0.2) is 48.5 Å². The van der Waals surface area contributed by atoms with Crippen LogP contribution < -0.4 is 0 Å². The Morgan fingerprint density at radius 3 is 1.43 bits per heavy atom. The maximum atomic E-state index is 2.38. The molecule has 2 unspecified atom stereocenters. The summed E-state index contributed by atoms with van der Waals surface area (Å²) in [4.78, 5) is 0. The van der Waals surface area contributed by atoms with E-state index in [0.29, 0.717) is 5.41 Å². The summed E-state index contributed by atoms with van der Waals surface area (Å²) in [6.45, 7) is 4.37. The van der Waals surface area contributed by atoms with E-state index in [9.17, 15) is 0 Å². The molecule has 2 fully saturated rings. The third kappa shape index (κ3) is 1.88. The van der Waals surface area contributed by atoms with Gasteiger partial charge in [-0.3, -0.25) is 0 Å². The molecule has 2 aliphatic carbocycles. The molecule has 0 bridgehead atoms. The van der Waals surface area contributed by atoms with Gasteiger partial charge in [0.1, 0.15) is 0 Å². The number of aryl methyl sites for hydroxylation is 2. The second kappa shape index (κ2) is 4.73. The van der Waals surface area contributed by atoms with Crippen molar-refractivity contribution in [1.29, 1.82) is 0 Å². The lowest BCUT2D eigenvalue weighted by molar-refractivity contribution is 0.480. The van der Waals surface area contributed by atoms with Crippen molar-refractivity contribution in [1.82, 2.24) is 0 Å². The van der Waals surface area contributed by atoms with Crippen molar-refractivity contribution in [2.24, 2.45) is 11.8 Å². The van der Waals surface area contributed by atoms with Gasteiger partial charge in [0.25, 0.3) is 0 Å². The minimum atomic E-state index is 0.317. The monoisotopic (exact) mass is 276 g/mol. The number of hydrogen-bond donors (Lipinski definition) is 0. The molecule has 2 aromatic carbocycles. The van der Waals surface area contributed by atoms with Gasteiger partial charge in [-0.05, 0) is 49.7 Å². The van der Waals surface area contributed by atoms with Gasteiger partial charge in [0, 0.05) is 5.41 Å². The van der Waals surface area contributed by atoms with Crippen molar-refractivity contribution in [2.45, 2.75) is 44.9 Å². The summed E-state index contributed by atoms with van der Waals surface area (Å²) < 4.78 is 0. The topological polar surface area (TPSA) is 0 Å². The van der Waals surface area contributed by atoms with Gasteiger partial charge in [0.05, 0.1) is 0 Å². The van der Waals surface area contributed by atoms with E-state index in [2.05, 4.69) is 62.4 Å². The van der Waals surface area contributed by atoms with E-state index in [1.54, 1.807) is 11.1 Å². The highest BCUT2D eigenvalue weighted by Crippen LogP contribution is 2.69. The van der Waals surface area contributed by atoms with Crippen LogP contribution in [0.4, 0.5) is 0 Å². The summed E-state index contributed by atoms with van der Waals surface area (Å²) in [5.41, 5.74) is 6.14. The third-order valence-electron chi connectivity index (χ3n) is 5.89. The molecule has 0 nitrogen and oxygen atoms in total. The van der Waals surface area contributed by atoms with E-state index in [0.717, 1.165) is 11.8 Å². The molecule has 2 aliphatic rings. The van der Waals surface area contributed by atoms with Crippen molar-refractivity contribution in [3.63, 3.8) is 0 Å². The lowest BCUT2D eigenvalue weighted by atomic mass is 9.83. The maximum Gasteiger partial charge on any atom is 0.0265 e. The summed E-state index contributed by atoms with van der Waals surface area (Å²) in [6, 6.07) is 18.7. The number of fused-ring (bicyclic) bond motifs is 1. The molecule has 0 amide bonds. The molecule has 108 valence electrons. The molecular weight excluding hydrogens is 252 g/mol. The van der Waals surface area contributed by atoms with Gasteiger partial charge in [-0.25, -0.2) is 0 Å². The Morgan fingerprint density at radius 2 is 1.05 bits per heavy atom. The predicted octanol–water partition coefficient (Wildman–Crippen LogP) is 5.41. The van der Waals surface area contributed by atoms with Gasteiger partial charge >= 0.3 is 0 Å². The molecule has 4 rings (SSSR count). The van der Waals surface area contributed by atoms with Crippen molar-refractivity contribution in [2.75, 3.05) is 0 Å². The van der Waals surface area contributed by atoms with Gasteiger partial charge in [-0.15, -0.1) is 0 Å². The minimum Gasteiger partial charge on any atom is -0.0590 e. The lowest BCUT2D eigenvalue weighted by Gasteiger charge is -2.20. The van der Waals surface area contributed by atoms with Crippen LogP contribution in [0.2, 0.25) is 0 Å². The standard InChI is InChI=1S/C21H24/c1-15-7-11-17(12-8-15)21(18-13-9-16(2)10-14-18)19-5-3-4-6-20(19)21/h7-14,19-20H,3-6H2,1-2H3. The van der Waals surface area contributed by atoms with Crippen molar-refractivity contribution < 1.29 is 0 Å². The molecule has 0 radical (unpaired) electrons. The molecule has 0 saturated heterocycles. The van der Waals surface area contributed by atoms with Crippen LogP contribution >= 0.6 is 0 Å². The van der Waals surface area contributed by atoms with Crippen LogP contribution in [0.5, 0.6) is 0 Å². The van der Waals surface area contributed by atoms with E-state index in [-0.39, 0.29) is 0 Å². The average Bonchev–Trinajstić information content (AvgIpc) is 3.19.